The molecule has 0 bridgehead atoms. The van der Waals surface area contributed by atoms with Crippen LogP contribution in [0.4, 0.5) is 17.1 Å². The Kier molecular flexibility index (Phi) is 7.23. The zero-order chi connectivity index (χ0) is 23.1. The summed E-state index contributed by atoms with van der Waals surface area (Å²) in [6, 6.07) is 21.3. The Morgan fingerprint density at radius 1 is 0.750 bits per heavy atom. The average Bonchev–Trinajstić information content (AvgIpc) is 2.78. The molecule has 0 spiro atoms. The van der Waals surface area contributed by atoms with E-state index >= 15 is 0 Å². The maximum absolute atomic E-state index is 12.3. The van der Waals surface area contributed by atoms with Crippen molar-refractivity contribution in [1.82, 2.24) is 4.90 Å². The van der Waals surface area contributed by atoms with Gasteiger partial charge in [-0.15, -0.1) is 0 Å². The van der Waals surface area contributed by atoms with Gasteiger partial charge < -0.3 is 20.9 Å². The van der Waals surface area contributed by atoms with Crippen molar-refractivity contribution in [2.45, 2.75) is 6.92 Å². The quantitative estimate of drug-likeness (QED) is 0.528. The highest BCUT2D eigenvalue weighted by Crippen LogP contribution is 2.16. The minimum absolute atomic E-state index is 0.0471. The van der Waals surface area contributed by atoms with Crippen molar-refractivity contribution < 1.29 is 14.4 Å². The van der Waals surface area contributed by atoms with Crippen LogP contribution in [0.25, 0.3) is 0 Å². The number of hydrogen-bond acceptors (Lipinski definition) is 4. The fraction of sp³-hybridized carbons (Fsp3) is 0.160. The van der Waals surface area contributed by atoms with Crippen molar-refractivity contribution in [3.05, 3.63) is 89.5 Å². The van der Waals surface area contributed by atoms with Crippen molar-refractivity contribution in [3.63, 3.8) is 0 Å². The van der Waals surface area contributed by atoms with Crippen LogP contribution in [0.1, 0.15) is 26.3 Å². The summed E-state index contributed by atoms with van der Waals surface area (Å²) in [7, 11) is 3.38. The molecule has 0 aliphatic heterocycles. The molecule has 7 heteroatoms. The molecule has 0 aromatic heterocycles. The standard InChI is InChI=1S/C25H26N4O3/c1-17-6-4-7-18(14-17)24(31)28-21-12-10-20(11-13-21)27-23(30)16-26-22-9-5-8-19(15-22)25(32)29(2)3/h4-15,26H,16H2,1-3H3,(H,27,30)(H,28,31). The summed E-state index contributed by atoms with van der Waals surface area (Å²) >= 11 is 0. The lowest BCUT2D eigenvalue weighted by molar-refractivity contribution is -0.114. The predicted octanol–water partition coefficient (Wildman–Crippen LogP) is 4.00. The molecule has 0 aliphatic rings. The van der Waals surface area contributed by atoms with Gasteiger partial charge in [-0.1, -0.05) is 23.8 Å². The molecule has 32 heavy (non-hydrogen) atoms. The van der Waals surface area contributed by atoms with Crippen LogP contribution in [-0.4, -0.2) is 43.3 Å². The molecule has 0 aliphatic carbocycles. The van der Waals surface area contributed by atoms with E-state index in [0.717, 1.165) is 5.56 Å². The molecular weight excluding hydrogens is 404 g/mol. The van der Waals surface area contributed by atoms with E-state index in [4.69, 9.17) is 0 Å². The van der Waals surface area contributed by atoms with Crippen molar-refractivity contribution >= 4 is 34.8 Å². The summed E-state index contributed by atoms with van der Waals surface area (Å²) in [5.41, 5.74) is 4.08. The molecule has 0 saturated carbocycles. The van der Waals surface area contributed by atoms with Crippen LogP contribution in [0.3, 0.4) is 0 Å². The highest BCUT2D eigenvalue weighted by molar-refractivity contribution is 6.04. The van der Waals surface area contributed by atoms with E-state index in [1.807, 2.05) is 25.1 Å². The topological polar surface area (TPSA) is 90.5 Å². The van der Waals surface area contributed by atoms with E-state index < -0.39 is 0 Å². The van der Waals surface area contributed by atoms with E-state index in [1.165, 1.54) is 4.90 Å². The third-order valence-corrected chi connectivity index (χ3v) is 4.68. The van der Waals surface area contributed by atoms with E-state index in [0.29, 0.717) is 28.2 Å². The normalized spacial score (nSPS) is 10.2. The number of hydrogen-bond donors (Lipinski definition) is 3. The maximum atomic E-state index is 12.3. The molecule has 164 valence electrons. The number of carbonyl (C=O) groups is 3. The second kappa shape index (κ2) is 10.3. The summed E-state index contributed by atoms with van der Waals surface area (Å²) in [6.07, 6.45) is 0. The van der Waals surface area contributed by atoms with Crippen molar-refractivity contribution in [2.75, 3.05) is 36.6 Å². The summed E-state index contributed by atoms with van der Waals surface area (Å²) in [5, 5.41) is 8.66. The Morgan fingerprint density at radius 2 is 1.38 bits per heavy atom. The minimum Gasteiger partial charge on any atom is -0.376 e. The molecule has 3 aromatic rings. The first-order valence-corrected chi connectivity index (χ1v) is 10.2. The molecule has 0 saturated heterocycles. The molecular formula is C25H26N4O3. The molecule has 0 heterocycles. The Morgan fingerprint density at radius 3 is 2.03 bits per heavy atom. The monoisotopic (exact) mass is 430 g/mol. The number of anilines is 3. The lowest BCUT2D eigenvalue weighted by atomic mass is 10.1. The number of benzene rings is 3. The van der Waals surface area contributed by atoms with E-state index in [-0.39, 0.29) is 24.3 Å². The van der Waals surface area contributed by atoms with Crippen LogP contribution >= 0.6 is 0 Å². The number of amides is 3. The Balaban J connectivity index is 1.52. The molecule has 3 N–H and O–H groups in total. The largest absolute Gasteiger partial charge is 0.376 e. The van der Waals surface area contributed by atoms with Crippen LogP contribution in [0, 0.1) is 6.92 Å². The van der Waals surface area contributed by atoms with Gasteiger partial charge in [-0.2, -0.15) is 0 Å². The first-order chi connectivity index (χ1) is 15.3. The second-order valence-electron chi connectivity index (χ2n) is 7.58. The number of aryl methyl sites for hydroxylation is 1. The number of rotatable bonds is 7. The van der Waals surface area contributed by atoms with Crippen molar-refractivity contribution in [1.29, 1.82) is 0 Å². The summed E-state index contributed by atoms with van der Waals surface area (Å²) < 4.78 is 0. The average molecular weight is 431 g/mol. The van der Waals surface area contributed by atoms with Crippen LogP contribution in [0.15, 0.2) is 72.8 Å². The molecule has 3 rings (SSSR count). The molecule has 3 amide bonds. The Hall–Kier alpha value is -4.13. The molecule has 0 atom stereocenters. The first-order valence-electron chi connectivity index (χ1n) is 10.2. The van der Waals surface area contributed by atoms with Gasteiger partial charge in [0.05, 0.1) is 6.54 Å². The summed E-state index contributed by atoms with van der Waals surface area (Å²) in [4.78, 5) is 38.2. The molecule has 0 unspecified atom stereocenters. The van der Waals surface area contributed by atoms with Gasteiger partial charge >= 0.3 is 0 Å². The lowest BCUT2D eigenvalue weighted by Gasteiger charge is -2.12. The van der Waals surface area contributed by atoms with Crippen molar-refractivity contribution in [3.8, 4) is 0 Å². The van der Waals surface area contributed by atoms with E-state index in [2.05, 4.69) is 16.0 Å². The molecule has 7 nitrogen and oxygen atoms in total. The Bertz CT molecular complexity index is 1120. The Labute approximate surface area is 187 Å². The molecule has 3 aromatic carbocycles. The summed E-state index contributed by atoms with van der Waals surface area (Å²) in [5.74, 6) is -0.525. The van der Waals surface area contributed by atoms with Gasteiger partial charge in [0.25, 0.3) is 11.8 Å². The van der Waals surface area contributed by atoms with Gasteiger partial charge in [-0.05, 0) is 61.5 Å². The maximum Gasteiger partial charge on any atom is 0.255 e. The van der Waals surface area contributed by atoms with Gasteiger partial charge in [0.1, 0.15) is 0 Å². The van der Waals surface area contributed by atoms with Gasteiger partial charge in [0.15, 0.2) is 0 Å². The van der Waals surface area contributed by atoms with Gasteiger partial charge in [-0.3, -0.25) is 14.4 Å². The lowest BCUT2D eigenvalue weighted by Crippen LogP contribution is -2.23. The molecule has 0 radical (unpaired) electrons. The first kappa shape index (κ1) is 22.6. The van der Waals surface area contributed by atoms with Crippen LogP contribution < -0.4 is 16.0 Å². The summed E-state index contributed by atoms with van der Waals surface area (Å²) in [6.45, 7) is 1.98. The minimum atomic E-state index is -0.231. The number of nitrogens with zero attached hydrogens (tertiary/aromatic N) is 1. The fourth-order valence-corrected chi connectivity index (χ4v) is 3.03. The van der Waals surface area contributed by atoms with Crippen LogP contribution in [0.2, 0.25) is 0 Å². The smallest absolute Gasteiger partial charge is 0.255 e. The third kappa shape index (κ3) is 6.18. The van der Waals surface area contributed by atoms with Crippen molar-refractivity contribution in [2.24, 2.45) is 0 Å². The number of nitrogens with one attached hydrogen (secondary N) is 3. The zero-order valence-corrected chi connectivity index (χ0v) is 18.3. The second-order valence-corrected chi connectivity index (χ2v) is 7.58. The molecule has 0 fully saturated rings. The zero-order valence-electron chi connectivity index (χ0n) is 18.3. The third-order valence-electron chi connectivity index (χ3n) is 4.68. The fourth-order valence-electron chi connectivity index (χ4n) is 3.03. The number of carbonyl (C=O) groups excluding carboxylic acids is 3. The van der Waals surface area contributed by atoms with E-state index in [1.54, 1.807) is 68.7 Å². The van der Waals surface area contributed by atoms with Crippen LogP contribution in [-0.2, 0) is 4.79 Å². The van der Waals surface area contributed by atoms with Gasteiger partial charge in [-0.25, -0.2) is 0 Å². The SMILES string of the molecule is Cc1cccc(C(=O)Nc2ccc(NC(=O)CNc3cccc(C(=O)N(C)C)c3)cc2)c1. The highest BCUT2D eigenvalue weighted by atomic mass is 16.2. The predicted molar refractivity (Wildman–Crippen MR) is 127 cm³/mol. The van der Waals surface area contributed by atoms with Gasteiger partial charge in [0.2, 0.25) is 5.91 Å². The van der Waals surface area contributed by atoms with Crippen LogP contribution in [0.5, 0.6) is 0 Å². The highest BCUT2D eigenvalue weighted by Gasteiger charge is 2.09. The van der Waals surface area contributed by atoms with E-state index in [9.17, 15) is 14.4 Å². The van der Waals surface area contributed by atoms with Gasteiger partial charge in [0, 0.05) is 42.3 Å².